The molecule has 3 heterocycles. The average Bonchev–Trinajstić information content (AvgIpc) is 3.78. The van der Waals surface area contributed by atoms with E-state index in [0.29, 0.717) is 18.2 Å². The molecular weight excluding hydrogens is 536 g/mol. The van der Waals surface area contributed by atoms with Crippen LogP contribution in [0.2, 0.25) is 0 Å². The van der Waals surface area contributed by atoms with Crippen molar-refractivity contribution in [2.45, 2.75) is 51.5 Å². The second-order valence-corrected chi connectivity index (χ2v) is 11.7. The van der Waals surface area contributed by atoms with Gasteiger partial charge in [0.1, 0.15) is 16.6 Å². The van der Waals surface area contributed by atoms with Crippen LogP contribution in [0.5, 0.6) is 11.6 Å². The number of aryl methyl sites for hydroxylation is 1. The van der Waals surface area contributed by atoms with Gasteiger partial charge >= 0.3 is 0 Å². The van der Waals surface area contributed by atoms with Crippen LogP contribution in [0.3, 0.4) is 0 Å². The van der Waals surface area contributed by atoms with Crippen LogP contribution in [0.15, 0.2) is 36.5 Å². The van der Waals surface area contributed by atoms with E-state index in [1.54, 1.807) is 31.8 Å². The minimum atomic E-state index is 0.0440. The highest BCUT2D eigenvalue weighted by Crippen LogP contribution is 2.36. The van der Waals surface area contributed by atoms with E-state index in [1.165, 1.54) is 29.8 Å². The van der Waals surface area contributed by atoms with Gasteiger partial charge in [0.15, 0.2) is 0 Å². The molecule has 0 bridgehead atoms. The van der Waals surface area contributed by atoms with E-state index >= 15 is 0 Å². The molecule has 0 radical (unpaired) electrons. The van der Waals surface area contributed by atoms with Crippen molar-refractivity contribution in [2.75, 3.05) is 37.9 Å². The smallest absolute Gasteiger partial charge is 0.229 e. The van der Waals surface area contributed by atoms with E-state index < -0.39 is 0 Å². The second-order valence-electron chi connectivity index (χ2n) is 10.6. The first-order chi connectivity index (χ1) is 20.1. The van der Waals surface area contributed by atoms with Gasteiger partial charge in [0.05, 0.1) is 24.6 Å². The minimum absolute atomic E-state index is 0.0440. The van der Waals surface area contributed by atoms with E-state index in [0.717, 1.165) is 77.3 Å². The number of ether oxygens (including phenoxy) is 2. The summed E-state index contributed by atoms with van der Waals surface area (Å²) in [6.45, 7) is 2.37. The summed E-state index contributed by atoms with van der Waals surface area (Å²) in [7, 11) is 3.35. The number of nitrogens with one attached hydrogen (secondary N) is 3. The predicted octanol–water partition coefficient (Wildman–Crippen LogP) is 5.59. The zero-order valence-corrected chi connectivity index (χ0v) is 24.4. The number of hydrogen-bond acceptors (Lipinski definition) is 9. The highest BCUT2D eigenvalue weighted by Gasteiger charge is 2.30. The van der Waals surface area contributed by atoms with Crippen molar-refractivity contribution in [2.24, 2.45) is 5.92 Å². The highest BCUT2D eigenvalue weighted by atomic mass is 32.1. The summed E-state index contributed by atoms with van der Waals surface area (Å²) in [5.41, 5.74) is 5.73. The number of amides is 1. The molecule has 10 heteroatoms. The molecule has 3 aromatic heterocycles. The standard InChI is InChI=1S/C31H36N6O3S/c1-39-21-10-11-25-23(17-21)28(22-6-3-4-7-24(22)35-25)34-14-5-13-32-18-26-30(40-2)37-31(41-26)20-12-15-33-27(16-20)36-29(38)19-8-9-19/h10-12,15-17,19,32H,3-9,13-14,18H2,1-2H3,(H,34,35)(H,33,36,38). The maximum absolute atomic E-state index is 12.1. The quantitative estimate of drug-likeness (QED) is 0.189. The van der Waals surface area contributed by atoms with Gasteiger partial charge in [-0.05, 0) is 87.4 Å². The van der Waals surface area contributed by atoms with Gasteiger partial charge in [-0.3, -0.25) is 9.78 Å². The molecule has 0 unspecified atom stereocenters. The third-order valence-electron chi connectivity index (χ3n) is 7.65. The number of benzene rings is 1. The molecule has 41 heavy (non-hydrogen) atoms. The first-order valence-corrected chi connectivity index (χ1v) is 15.2. The summed E-state index contributed by atoms with van der Waals surface area (Å²) in [4.78, 5) is 27.1. The maximum atomic E-state index is 12.1. The Morgan fingerprint density at radius 2 is 1.93 bits per heavy atom. The molecule has 1 fully saturated rings. The van der Waals surface area contributed by atoms with Crippen LogP contribution in [0.25, 0.3) is 21.5 Å². The lowest BCUT2D eigenvalue weighted by Crippen LogP contribution is -2.18. The zero-order valence-electron chi connectivity index (χ0n) is 23.6. The topological polar surface area (TPSA) is 110 Å². The third kappa shape index (κ3) is 6.28. The molecule has 4 aromatic rings. The predicted molar refractivity (Wildman–Crippen MR) is 163 cm³/mol. The average molecular weight is 573 g/mol. The molecule has 9 nitrogen and oxygen atoms in total. The molecule has 3 N–H and O–H groups in total. The van der Waals surface area contributed by atoms with Crippen molar-refractivity contribution in [3.8, 4) is 22.2 Å². The van der Waals surface area contributed by atoms with Crippen molar-refractivity contribution in [3.05, 3.63) is 52.7 Å². The first kappa shape index (κ1) is 27.4. The molecule has 0 spiro atoms. The van der Waals surface area contributed by atoms with Crippen LogP contribution in [-0.4, -0.2) is 48.2 Å². The lowest BCUT2D eigenvalue weighted by atomic mass is 9.92. The molecule has 2 aliphatic rings. The van der Waals surface area contributed by atoms with Crippen LogP contribution in [-0.2, 0) is 24.2 Å². The van der Waals surface area contributed by atoms with Crippen LogP contribution in [0.4, 0.5) is 11.5 Å². The summed E-state index contributed by atoms with van der Waals surface area (Å²) < 4.78 is 11.1. The minimum Gasteiger partial charge on any atom is -0.497 e. The zero-order chi connectivity index (χ0) is 28.2. The van der Waals surface area contributed by atoms with E-state index in [1.807, 2.05) is 18.2 Å². The molecule has 1 aromatic carbocycles. The Balaban J connectivity index is 1.06. The molecule has 0 saturated heterocycles. The molecule has 1 saturated carbocycles. The normalized spacial score (nSPS) is 14.5. The lowest BCUT2D eigenvalue weighted by Gasteiger charge is -2.22. The monoisotopic (exact) mass is 572 g/mol. The van der Waals surface area contributed by atoms with Crippen molar-refractivity contribution in [3.63, 3.8) is 0 Å². The maximum Gasteiger partial charge on any atom is 0.229 e. The van der Waals surface area contributed by atoms with Crippen LogP contribution < -0.4 is 25.4 Å². The molecule has 0 atom stereocenters. The first-order valence-electron chi connectivity index (χ1n) is 14.4. The van der Waals surface area contributed by atoms with Gasteiger partial charge in [-0.2, -0.15) is 0 Å². The lowest BCUT2D eigenvalue weighted by molar-refractivity contribution is -0.117. The summed E-state index contributed by atoms with van der Waals surface area (Å²) >= 11 is 1.59. The van der Waals surface area contributed by atoms with Gasteiger partial charge in [0.2, 0.25) is 11.8 Å². The number of carbonyl (C=O) groups is 1. The Hall–Kier alpha value is -3.76. The van der Waals surface area contributed by atoms with Crippen molar-refractivity contribution in [1.82, 2.24) is 20.3 Å². The van der Waals surface area contributed by atoms with Gasteiger partial charge in [-0.1, -0.05) is 0 Å². The number of thiazole rings is 1. The highest BCUT2D eigenvalue weighted by molar-refractivity contribution is 7.15. The molecule has 6 rings (SSSR count). The van der Waals surface area contributed by atoms with E-state index in [2.05, 4.69) is 33.1 Å². The van der Waals surface area contributed by atoms with Crippen LogP contribution >= 0.6 is 11.3 Å². The SMILES string of the molecule is COc1ccc2nc3c(c(NCCCNCc4sc(-c5ccnc(NC(=O)C6CC6)c5)nc4OC)c2c1)CCCC3. The number of aromatic nitrogens is 3. The van der Waals surface area contributed by atoms with Crippen LogP contribution in [0, 0.1) is 5.92 Å². The Bertz CT molecular complexity index is 1550. The molecular formula is C31H36N6O3S. The third-order valence-corrected chi connectivity index (χ3v) is 8.73. The Kier molecular flexibility index (Phi) is 8.29. The number of fused-ring (bicyclic) bond motifs is 2. The molecule has 0 aliphatic heterocycles. The van der Waals surface area contributed by atoms with E-state index in [9.17, 15) is 4.79 Å². The van der Waals surface area contributed by atoms with Gasteiger partial charge in [-0.15, -0.1) is 11.3 Å². The van der Waals surface area contributed by atoms with Crippen molar-refractivity contribution < 1.29 is 14.3 Å². The van der Waals surface area contributed by atoms with Gasteiger partial charge < -0.3 is 25.4 Å². The van der Waals surface area contributed by atoms with Crippen molar-refractivity contribution >= 4 is 39.7 Å². The van der Waals surface area contributed by atoms with E-state index in [-0.39, 0.29) is 11.8 Å². The van der Waals surface area contributed by atoms with E-state index in [4.69, 9.17) is 19.4 Å². The number of pyridine rings is 2. The summed E-state index contributed by atoms with van der Waals surface area (Å²) in [6, 6.07) is 9.92. The number of carbonyl (C=O) groups excluding carboxylic acids is 1. The van der Waals surface area contributed by atoms with Gasteiger partial charge in [0, 0.05) is 47.5 Å². The van der Waals surface area contributed by atoms with Crippen molar-refractivity contribution in [1.29, 1.82) is 0 Å². The van der Waals surface area contributed by atoms with Gasteiger partial charge in [-0.25, -0.2) is 9.97 Å². The van der Waals surface area contributed by atoms with Crippen LogP contribution in [0.1, 0.15) is 48.2 Å². The van der Waals surface area contributed by atoms with Gasteiger partial charge in [0.25, 0.3) is 0 Å². The molecule has 214 valence electrons. The number of nitrogens with zero attached hydrogens (tertiary/aromatic N) is 3. The fraction of sp³-hybridized carbons (Fsp3) is 0.419. The number of hydrogen-bond donors (Lipinski definition) is 3. The summed E-state index contributed by atoms with van der Waals surface area (Å²) in [5, 5.41) is 12.2. The Morgan fingerprint density at radius 1 is 1.05 bits per heavy atom. The number of anilines is 2. The summed E-state index contributed by atoms with van der Waals surface area (Å²) in [5.74, 6) is 2.21. The second kappa shape index (κ2) is 12.4. The Morgan fingerprint density at radius 3 is 2.76 bits per heavy atom. The number of rotatable bonds is 12. The number of methoxy groups -OCH3 is 2. The molecule has 2 aliphatic carbocycles. The Labute approximate surface area is 244 Å². The fourth-order valence-electron chi connectivity index (χ4n) is 5.30. The fourth-order valence-corrected chi connectivity index (χ4v) is 6.30. The molecule has 1 amide bonds. The largest absolute Gasteiger partial charge is 0.497 e. The summed E-state index contributed by atoms with van der Waals surface area (Å²) in [6.07, 6.45) is 9.10.